The Morgan fingerprint density at radius 3 is 2.35 bits per heavy atom. The molecule has 0 aliphatic carbocycles. The number of nitrogens with one attached hydrogen (secondary N) is 1. The predicted molar refractivity (Wildman–Crippen MR) is 150 cm³/mol. The lowest BCUT2D eigenvalue weighted by atomic mass is 9.94. The number of ketones is 1. The van der Waals surface area contributed by atoms with Crippen LogP contribution in [-0.4, -0.2) is 61.7 Å². The summed E-state index contributed by atoms with van der Waals surface area (Å²) in [5.74, 6) is 0.279. The molecule has 3 aromatic carbocycles. The van der Waals surface area contributed by atoms with Gasteiger partial charge in [-0.2, -0.15) is 0 Å². The van der Waals surface area contributed by atoms with E-state index in [0.717, 1.165) is 22.2 Å². The maximum absolute atomic E-state index is 13.5. The topological polar surface area (TPSA) is 110 Å². The Hall–Kier alpha value is -4.92. The fraction of sp³-hybridized carbons (Fsp3) is 0.226. The minimum absolute atomic E-state index is 0.0256. The smallest absolute Gasteiger partial charge is 0.295 e. The molecule has 1 fully saturated rings. The molecule has 9 heteroatoms. The molecule has 0 saturated carbocycles. The third kappa shape index (κ3) is 4.59. The van der Waals surface area contributed by atoms with Gasteiger partial charge in [0.1, 0.15) is 17.3 Å². The highest BCUT2D eigenvalue weighted by Crippen LogP contribution is 2.43. The zero-order chi connectivity index (χ0) is 28.4. The SMILES string of the molecule is COc1ccc2[nH]cc(CCN3C(=O)C(=O)C(=C(O)c4ccc(OC)c(OC)c4)[C@H]3c3ccccc3OC)c2c1. The Balaban J connectivity index is 1.60. The number of nitrogens with zero attached hydrogens (tertiary/aromatic N) is 1. The number of hydrogen-bond donors (Lipinski definition) is 2. The van der Waals surface area contributed by atoms with Crippen molar-refractivity contribution >= 4 is 28.4 Å². The number of para-hydroxylation sites is 1. The quantitative estimate of drug-likeness (QED) is 0.176. The Morgan fingerprint density at radius 2 is 1.62 bits per heavy atom. The van der Waals surface area contributed by atoms with Crippen molar-refractivity contribution in [3.63, 3.8) is 0 Å². The number of H-pyrrole nitrogens is 1. The number of aliphatic hydroxyl groups is 1. The molecular weight excluding hydrogens is 512 g/mol. The van der Waals surface area contributed by atoms with Crippen molar-refractivity contribution in [2.45, 2.75) is 12.5 Å². The van der Waals surface area contributed by atoms with Crippen molar-refractivity contribution in [2.24, 2.45) is 0 Å². The lowest BCUT2D eigenvalue weighted by molar-refractivity contribution is -0.139. The lowest BCUT2D eigenvalue weighted by Crippen LogP contribution is -2.31. The molecule has 1 atom stereocenters. The molecule has 0 bridgehead atoms. The summed E-state index contributed by atoms with van der Waals surface area (Å²) < 4.78 is 21.7. The highest BCUT2D eigenvalue weighted by atomic mass is 16.5. The number of likely N-dealkylation sites (tertiary alicyclic amines) is 1. The first kappa shape index (κ1) is 26.7. The van der Waals surface area contributed by atoms with E-state index in [2.05, 4.69) is 4.98 Å². The van der Waals surface area contributed by atoms with E-state index in [-0.39, 0.29) is 17.9 Å². The van der Waals surface area contributed by atoms with Crippen LogP contribution in [0.15, 0.2) is 72.4 Å². The van der Waals surface area contributed by atoms with Gasteiger partial charge in [-0.3, -0.25) is 9.59 Å². The van der Waals surface area contributed by atoms with Gasteiger partial charge >= 0.3 is 0 Å². The van der Waals surface area contributed by atoms with E-state index >= 15 is 0 Å². The van der Waals surface area contributed by atoms with Crippen molar-refractivity contribution in [1.29, 1.82) is 0 Å². The third-order valence-electron chi connectivity index (χ3n) is 7.23. The molecule has 1 aliphatic heterocycles. The molecule has 206 valence electrons. The number of aromatic amines is 1. The molecule has 0 spiro atoms. The van der Waals surface area contributed by atoms with Crippen LogP contribution in [-0.2, 0) is 16.0 Å². The zero-order valence-corrected chi connectivity index (χ0v) is 22.7. The van der Waals surface area contributed by atoms with Gasteiger partial charge in [0, 0.05) is 34.8 Å². The molecule has 1 aromatic heterocycles. The van der Waals surface area contributed by atoms with Gasteiger partial charge in [-0.1, -0.05) is 18.2 Å². The van der Waals surface area contributed by atoms with Gasteiger partial charge in [-0.05, 0) is 54.4 Å². The summed E-state index contributed by atoms with van der Waals surface area (Å²) >= 11 is 0. The number of fused-ring (bicyclic) bond motifs is 1. The molecule has 9 nitrogen and oxygen atoms in total. The normalized spacial score (nSPS) is 16.4. The standard InChI is InChI=1S/C31H30N2O7/c1-37-20-10-11-23-22(16-20)19(17-32-23)13-14-33-28(21-7-5-6-8-24(21)38-2)27(30(35)31(33)36)29(34)18-9-12-25(39-3)26(15-18)40-4/h5-12,15-17,28,32,34H,13-14H2,1-4H3/t28-/m1/s1. The molecule has 2 heterocycles. The number of rotatable bonds is 9. The van der Waals surface area contributed by atoms with Crippen molar-refractivity contribution < 1.29 is 33.6 Å². The minimum Gasteiger partial charge on any atom is -0.507 e. The van der Waals surface area contributed by atoms with Crippen LogP contribution >= 0.6 is 0 Å². The van der Waals surface area contributed by atoms with Crippen LogP contribution in [0.5, 0.6) is 23.0 Å². The number of ether oxygens (including phenoxy) is 4. The van der Waals surface area contributed by atoms with Gasteiger partial charge in [0.25, 0.3) is 11.7 Å². The zero-order valence-electron chi connectivity index (χ0n) is 22.7. The average Bonchev–Trinajstić information content (AvgIpc) is 3.51. The molecule has 2 N–H and O–H groups in total. The number of aliphatic hydroxyl groups excluding tert-OH is 1. The Labute approximate surface area is 231 Å². The van der Waals surface area contributed by atoms with Gasteiger partial charge < -0.3 is 33.9 Å². The molecule has 1 aliphatic rings. The van der Waals surface area contributed by atoms with Crippen LogP contribution < -0.4 is 18.9 Å². The second-order valence-electron chi connectivity index (χ2n) is 9.28. The molecule has 1 amide bonds. The van der Waals surface area contributed by atoms with Crippen LogP contribution in [0.25, 0.3) is 16.7 Å². The maximum Gasteiger partial charge on any atom is 0.295 e. The number of amides is 1. The number of Topliss-reactive ketones (excluding diaryl/α,β-unsaturated/α-hetero) is 1. The first-order valence-electron chi connectivity index (χ1n) is 12.7. The number of carbonyl (C=O) groups excluding carboxylic acids is 2. The summed E-state index contributed by atoms with van der Waals surface area (Å²) in [5, 5.41) is 12.4. The Morgan fingerprint density at radius 1 is 0.875 bits per heavy atom. The predicted octanol–water partition coefficient (Wildman–Crippen LogP) is 4.87. The summed E-state index contributed by atoms with van der Waals surface area (Å²) in [7, 11) is 6.13. The third-order valence-corrected chi connectivity index (χ3v) is 7.23. The van der Waals surface area contributed by atoms with Crippen molar-refractivity contribution in [3.8, 4) is 23.0 Å². The van der Waals surface area contributed by atoms with E-state index < -0.39 is 17.7 Å². The van der Waals surface area contributed by atoms with Gasteiger partial charge in [0.15, 0.2) is 11.5 Å². The van der Waals surface area contributed by atoms with E-state index in [9.17, 15) is 14.7 Å². The number of hydrogen-bond acceptors (Lipinski definition) is 7. The van der Waals surface area contributed by atoms with Crippen LogP contribution in [0.1, 0.15) is 22.7 Å². The lowest BCUT2D eigenvalue weighted by Gasteiger charge is -2.26. The molecular formula is C31H30N2O7. The summed E-state index contributed by atoms with van der Waals surface area (Å²) in [6.07, 6.45) is 2.35. The maximum atomic E-state index is 13.5. The average molecular weight is 543 g/mol. The van der Waals surface area contributed by atoms with Crippen molar-refractivity contribution in [1.82, 2.24) is 9.88 Å². The number of methoxy groups -OCH3 is 4. The summed E-state index contributed by atoms with van der Waals surface area (Å²) in [6, 6.07) is 16.9. The fourth-order valence-electron chi connectivity index (χ4n) is 5.20. The number of benzene rings is 3. The Bertz CT molecular complexity index is 1620. The highest BCUT2D eigenvalue weighted by molar-refractivity contribution is 6.46. The fourth-order valence-corrected chi connectivity index (χ4v) is 5.20. The van der Waals surface area contributed by atoms with E-state index in [1.807, 2.05) is 30.5 Å². The van der Waals surface area contributed by atoms with Gasteiger partial charge in [-0.15, -0.1) is 0 Å². The monoisotopic (exact) mass is 542 g/mol. The molecule has 40 heavy (non-hydrogen) atoms. The van der Waals surface area contributed by atoms with Crippen LogP contribution in [0.3, 0.4) is 0 Å². The van der Waals surface area contributed by atoms with Gasteiger partial charge in [-0.25, -0.2) is 0 Å². The van der Waals surface area contributed by atoms with Crippen LogP contribution in [0.4, 0.5) is 0 Å². The van der Waals surface area contributed by atoms with E-state index in [1.54, 1.807) is 43.5 Å². The first-order valence-corrected chi connectivity index (χ1v) is 12.7. The number of aromatic nitrogens is 1. The summed E-state index contributed by atoms with van der Waals surface area (Å²) in [6.45, 7) is 0.222. The second kappa shape index (κ2) is 11.1. The molecule has 1 saturated heterocycles. The van der Waals surface area contributed by atoms with Crippen LogP contribution in [0, 0.1) is 0 Å². The second-order valence-corrected chi connectivity index (χ2v) is 9.28. The van der Waals surface area contributed by atoms with E-state index in [4.69, 9.17) is 18.9 Å². The molecule has 5 rings (SSSR count). The largest absolute Gasteiger partial charge is 0.507 e. The molecule has 4 aromatic rings. The summed E-state index contributed by atoms with van der Waals surface area (Å²) in [4.78, 5) is 31.8. The van der Waals surface area contributed by atoms with Crippen molar-refractivity contribution in [3.05, 3.63) is 89.1 Å². The first-order chi connectivity index (χ1) is 19.4. The van der Waals surface area contributed by atoms with Gasteiger partial charge in [0.05, 0.1) is 40.1 Å². The number of carbonyl (C=O) groups is 2. The van der Waals surface area contributed by atoms with Gasteiger partial charge in [0.2, 0.25) is 0 Å². The minimum atomic E-state index is -0.871. The van der Waals surface area contributed by atoms with E-state index in [0.29, 0.717) is 34.8 Å². The summed E-state index contributed by atoms with van der Waals surface area (Å²) in [5.41, 5.74) is 2.79. The van der Waals surface area contributed by atoms with E-state index in [1.165, 1.54) is 26.2 Å². The van der Waals surface area contributed by atoms with Crippen molar-refractivity contribution in [2.75, 3.05) is 35.0 Å². The Kier molecular flexibility index (Phi) is 7.37. The van der Waals surface area contributed by atoms with Crippen LogP contribution in [0.2, 0.25) is 0 Å². The molecule has 0 unspecified atom stereocenters. The highest BCUT2D eigenvalue weighted by Gasteiger charge is 2.47. The molecule has 0 radical (unpaired) electrons.